The number of anilines is 1. The maximum atomic E-state index is 12.1. The van der Waals surface area contributed by atoms with Crippen molar-refractivity contribution >= 4 is 35.0 Å². The highest BCUT2D eigenvalue weighted by molar-refractivity contribution is 5.94. The lowest BCUT2D eigenvalue weighted by Crippen LogP contribution is -2.48. The molecule has 5 nitrogen and oxygen atoms in total. The third-order valence-corrected chi connectivity index (χ3v) is 3.82. The van der Waals surface area contributed by atoms with Crippen LogP contribution in [0.1, 0.15) is 6.92 Å². The Bertz CT molecular complexity index is 709. The van der Waals surface area contributed by atoms with Crippen molar-refractivity contribution in [2.24, 2.45) is 11.8 Å². The molecule has 1 atom stereocenters. The predicted octanol–water partition coefficient (Wildman–Crippen LogP) is 2.01. The van der Waals surface area contributed by atoms with Crippen LogP contribution >= 0.6 is 12.4 Å². The summed E-state index contributed by atoms with van der Waals surface area (Å²) in [5.41, 5.74) is 0.864. The number of halogens is 1. The minimum atomic E-state index is -0.375. The molecule has 6 heteroatoms. The zero-order chi connectivity index (χ0) is 14.1. The maximum Gasteiger partial charge on any atom is 0.336 e. The Morgan fingerprint density at radius 1 is 1.33 bits per heavy atom. The second-order valence-electron chi connectivity index (χ2n) is 5.20. The summed E-state index contributed by atoms with van der Waals surface area (Å²) in [6.07, 6.45) is 0. The van der Waals surface area contributed by atoms with Gasteiger partial charge in [0.2, 0.25) is 5.91 Å². The lowest BCUT2D eigenvalue weighted by Gasteiger charge is -2.31. The normalized spacial score (nSPS) is 15.9. The molecule has 0 saturated carbocycles. The first-order chi connectivity index (χ1) is 9.63. The number of rotatable bonds is 3. The van der Waals surface area contributed by atoms with Crippen LogP contribution in [0.3, 0.4) is 0 Å². The zero-order valence-electron chi connectivity index (χ0n) is 11.6. The lowest BCUT2D eigenvalue weighted by molar-refractivity contribution is -0.121. The number of carbonyl (C=O) groups excluding carboxylic acids is 1. The first-order valence-corrected chi connectivity index (χ1v) is 6.69. The van der Waals surface area contributed by atoms with Crippen LogP contribution in [-0.2, 0) is 4.79 Å². The van der Waals surface area contributed by atoms with E-state index < -0.39 is 0 Å². The Kier molecular flexibility index (Phi) is 4.65. The van der Waals surface area contributed by atoms with Gasteiger partial charge in [-0.3, -0.25) is 4.79 Å². The van der Waals surface area contributed by atoms with Crippen molar-refractivity contribution in [3.63, 3.8) is 0 Å². The van der Waals surface area contributed by atoms with Crippen LogP contribution in [0.5, 0.6) is 0 Å². The Balaban J connectivity index is 0.00000161. The van der Waals surface area contributed by atoms with Gasteiger partial charge in [0.25, 0.3) is 0 Å². The van der Waals surface area contributed by atoms with Crippen molar-refractivity contribution < 1.29 is 9.21 Å². The highest BCUT2D eigenvalue weighted by atomic mass is 35.5. The van der Waals surface area contributed by atoms with Gasteiger partial charge < -0.3 is 15.1 Å². The van der Waals surface area contributed by atoms with Crippen molar-refractivity contribution in [2.75, 3.05) is 18.4 Å². The van der Waals surface area contributed by atoms with E-state index in [2.05, 4.69) is 10.6 Å². The topological polar surface area (TPSA) is 71.3 Å². The number of benzene rings is 1. The molecule has 1 aromatic heterocycles. The molecule has 2 N–H and O–H groups in total. The molecular weight excluding hydrogens is 292 g/mol. The number of hydrogen-bond acceptors (Lipinski definition) is 4. The zero-order valence-corrected chi connectivity index (χ0v) is 12.4. The molecule has 1 aliphatic rings. The van der Waals surface area contributed by atoms with Gasteiger partial charge in [0.1, 0.15) is 5.58 Å². The molecule has 1 fully saturated rings. The van der Waals surface area contributed by atoms with Crippen LogP contribution in [-0.4, -0.2) is 19.0 Å². The van der Waals surface area contributed by atoms with Crippen LogP contribution in [0.4, 0.5) is 5.69 Å². The van der Waals surface area contributed by atoms with E-state index >= 15 is 0 Å². The highest BCUT2D eigenvalue weighted by Gasteiger charge is 2.28. The molecule has 0 aliphatic carbocycles. The quantitative estimate of drug-likeness (QED) is 0.851. The molecule has 1 saturated heterocycles. The molecule has 1 aliphatic heterocycles. The predicted molar refractivity (Wildman–Crippen MR) is 83.9 cm³/mol. The summed E-state index contributed by atoms with van der Waals surface area (Å²) in [6.45, 7) is 3.75. The van der Waals surface area contributed by atoms with Crippen molar-refractivity contribution in [3.05, 3.63) is 40.8 Å². The first kappa shape index (κ1) is 15.5. The van der Waals surface area contributed by atoms with E-state index in [0.29, 0.717) is 11.5 Å². The van der Waals surface area contributed by atoms with Crippen molar-refractivity contribution in [1.82, 2.24) is 5.32 Å². The van der Waals surface area contributed by atoms with Crippen molar-refractivity contribution in [3.8, 4) is 0 Å². The lowest BCUT2D eigenvalue weighted by atomic mass is 9.88. The largest absolute Gasteiger partial charge is 0.423 e. The molecule has 0 radical (unpaired) electrons. The number of amides is 1. The van der Waals surface area contributed by atoms with E-state index in [9.17, 15) is 9.59 Å². The van der Waals surface area contributed by atoms with Gasteiger partial charge in [-0.25, -0.2) is 4.79 Å². The second kappa shape index (κ2) is 6.28. The van der Waals surface area contributed by atoms with E-state index in [-0.39, 0.29) is 29.9 Å². The molecule has 21 heavy (non-hydrogen) atoms. The molecule has 1 unspecified atom stereocenters. The van der Waals surface area contributed by atoms with Crippen LogP contribution in [0.2, 0.25) is 0 Å². The summed E-state index contributed by atoms with van der Waals surface area (Å²) >= 11 is 0. The molecule has 2 heterocycles. The van der Waals surface area contributed by atoms with Crippen LogP contribution in [0.25, 0.3) is 11.0 Å². The summed E-state index contributed by atoms with van der Waals surface area (Å²) in [5, 5.41) is 6.87. The minimum absolute atomic E-state index is 0. The van der Waals surface area contributed by atoms with Crippen LogP contribution in [0, 0.1) is 11.8 Å². The average molecular weight is 309 g/mol. The average Bonchev–Trinajstić information content (AvgIpc) is 2.37. The molecular formula is C15H17ClN2O3. The van der Waals surface area contributed by atoms with Crippen LogP contribution in [0.15, 0.2) is 39.5 Å². The van der Waals surface area contributed by atoms with E-state index in [1.54, 1.807) is 18.2 Å². The Morgan fingerprint density at radius 2 is 2.10 bits per heavy atom. The number of fused-ring (bicyclic) bond motifs is 1. The third-order valence-electron chi connectivity index (χ3n) is 3.82. The van der Waals surface area contributed by atoms with Gasteiger partial charge in [-0.1, -0.05) is 6.92 Å². The van der Waals surface area contributed by atoms with Gasteiger partial charge in [-0.05, 0) is 43.3 Å². The Hall–Kier alpha value is -1.85. The third kappa shape index (κ3) is 3.25. The molecule has 3 rings (SSSR count). The van der Waals surface area contributed by atoms with E-state index in [1.165, 1.54) is 6.07 Å². The number of nitrogens with one attached hydrogen (secondary N) is 2. The second-order valence-corrected chi connectivity index (χ2v) is 5.20. The van der Waals surface area contributed by atoms with Crippen molar-refractivity contribution in [2.45, 2.75) is 6.92 Å². The van der Waals surface area contributed by atoms with Gasteiger partial charge in [0, 0.05) is 23.1 Å². The molecule has 0 bridgehead atoms. The molecule has 1 amide bonds. The van der Waals surface area contributed by atoms with E-state index in [4.69, 9.17) is 4.42 Å². The smallest absolute Gasteiger partial charge is 0.336 e. The Labute approximate surface area is 128 Å². The van der Waals surface area contributed by atoms with Gasteiger partial charge in [-0.2, -0.15) is 0 Å². The van der Waals surface area contributed by atoms with Gasteiger partial charge in [-0.15, -0.1) is 12.4 Å². The fourth-order valence-electron chi connectivity index (χ4n) is 2.28. The highest BCUT2D eigenvalue weighted by Crippen LogP contribution is 2.21. The fourth-order valence-corrected chi connectivity index (χ4v) is 2.28. The monoisotopic (exact) mass is 308 g/mol. The summed E-state index contributed by atoms with van der Waals surface area (Å²) in [5.74, 6) is 0.419. The van der Waals surface area contributed by atoms with Crippen molar-refractivity contribution in [1.29, 1.82) is 0 Å². The summed E-state index contributed by atoms with van der Waals surface area (Å²) in [7, 11) is 0. The Morgan fingerprint density at radius 3 is 2.76 bits per heavy atom. The number of carbonyl (C=O) groups is 1. The van der Waals surface area contributed by atoms with Gasteiger partial charge >= 0.3 is 5.63 Å². The maximum absolute atomic E-state index is 12.1. The van der Waals surface area contributed by atoms with Gasteiger partial charge in [0.05, 0.1) is 0 Å². The first-order valence-electron chi connectivity index (χ1n) is 6.69. The summed E-state index contributed by atoms with van der Waals surface area (Å²) < 4.78 is 5.06. The van der Waals surface area contributed by atoms with E-state index in [1.807, 2.05) is 13.0 Å². The summed E-state index contributed by atoms with van der Waals surface area (Å²) in [4.78, 5) is 23.2. The summed E-state index contributed by atoms with van der Waals surface area (Å²) in [6, 6.07) is 8.31. The molecule has 112 valence electrons. The fraction of sp³-hybridized carbons (Fsp3) is 0.333. The standard InChI is InChI=1S/C15H16N2O3.ClH/c1-9(11-7-16-8-11)15(19)17-12-3-4-13-10(6-12)2-5-14(18)20-13;/h2-6,9,11,16H,7-8H2,1H3,(H,17,19);1H. The van der Waals surface area contributed by atoms with Crippen LogP contribution < -0.4 is 16.3 Å². The molecule has 1 aromatic carbocycles. The number of hydrogen-bond donors (Lipinski definition) is 2. The SMILES string of the molecule is CC(C(=O)Nc1ccc2oc(=O)ccc2c1)C1CNC1.Cl. The van der Waals surface area contributed by atoms with E-state index in [0.717, 1.165) is 24.2 Å². The minimum Gasteiger partial charge on any atom is -0.423 e. The molecule has 0 spiro atoms. The van der Waals surface area contributed by atoms with Gasteiger partial charge in [0.15, 0.2) is 0 Å². The molecule has 2 aromatic rings.